The molecule has 0 saturated carbocycles. The zero-order valence-electron chi connectivity index (χ0n) is 18.1. The molecule has 0 amide bonds. The first-order valence-electron chi connectivity index (χ1n) is 9.95. The molecule has 10 heteroatoms. The second-order valence-corrected chi connectivity index (χ2v) is 10.0. The Morgan fingerprint density at radius 1 is 1.06 bits per heavy atom. The molecule has 0 saturated heterocycles. The summed E-state index contributed by atoms with van der Waals surface area (Å²) in [4.78, 5) is 25.5. The molecule has 0 bridgehead atoms. The molecule has 0 aliphatic heterocycles. The number of ether oxygens (including phenoxy) is 1. The van der Waals surface area contributed by atoms with Gasteiger partial charge < -0.3 is 9.30 Å². The van der Waals surface area contributed by atoms with Crippen LogP contribution in [0.2, 0.25) is 0 Å². The summed E-state index contributed by atoms with van der Waals surface area (Å²) in [5.41, 5.74) is 2.49. The number of Topliss-reactive ketones (excluding diaryl/α,β-unsaturated/α-hetero) is 1. The van der Waals surface area contributed by atoms with Crippen molar-refractivity contribution in [2.45, 2.75) is 30.1 Å². The topological polar surface area (TPSA) is 108 Å². The van der Waals surface area contributed by atoms with Gasteiger partial charge in [-0.15, -0.1) is 11.8 Å². The monoisotopic (exact) mass is 490 g/mol. The van der Waals surface area contributed by atoms with E-state index in [1.807, 2.05) is 6.92 Å². The van der Waals surface area contributed by atoms with Crippen LogP contribution in [-0.4, -0.2) is 37.1 Å². The fraction of sp³-hybridized carbons (Fsp3) is 0.217. The number of thioether (sulfide) groups is 1. The van der Waals surface area contributed by atoms with Crippen LogP contribution in [0.1, 0.15) is 28.2 Å². The summed E-state index contributed by atoms with van der Waals surface area (Å²) in [7, 11) is -3.80. The largest absolute Gasteiger partial charge is 0.457 e. The molecule has 2 aromatic carbocycles. The highest BCUT2D eigenvalue weighted by atomic mass is 32.2. The molecular formula is C23H23FN2O5S2. The first-order chi connectivity index (χ1) is 15.6. The smallest absolute Gasteiger partial charge is 0.307 e. The van der Waals surface area contributed by atoms with Gasteiger partial charge in [0.2, 0.25) is 15.8 Å². The van der Waals surface area contributed by atoms with E-state index >= 15 is 0 Å². The van der Waals surface area contributed by atoms with Crippen molar-refractivity contribution in [2.24, 2.45) is 5.14 Å². The summed E-state index contributed by atoms with van der Waals surface area (Å²) in [6.07, 6.45) is 0.116. The molecule has 0 aliphatic rings. The van der Waals surface area contributed by atoms with E-state index in [9.17, 15) is 22.4 Å². The minimum atomic E-state index is -3.80. The lowest BCUT2D eigenvalue weighted by Crippen LogP contribution is -2.15. The minimum absolute atomic E-state index is 0.00508. The highest BCUT2D eigenvalue weighted by Crippen LogP contribution is 2.23. The van der Waals surface area contributed by atoms with Crippen molar-refractivity contribution in [3.05, 3.63) is 77.4 Å². The number of esters is 1. The predicted molar refractivity (Wildman–Crippen MR) is 124 cm³/mol. The standard InChI is InChI=1S/C23H23FN2O5S2/c1-15-13-21(16(2)26(15)18-5-9-20(10-6-18)33(25,29)30)22(27)14-31-23(28)11-12-32-19-7-3-17(24)4-8-19/h3-10,13H,11-12,14H2,1-2H3,(H2,25,29,30). The maximum absolute atomic E-state index is 12.9. The number of ketones is 1. The Balaban J connectivity index is 1.59. The minimum Gasteiger partial charge on any atom is -0.457 e. The maximum atomic E-state index is 12.9. The average molecular weight is 491 g/mol. The molecule has 0 aliphatic carbocycles. The van der Waals surface area contributed by atoms with E-state index in [4.69, 9.17) is 9.88 Å². The van der Waals surface area contributed by atoms with Gasteiger partial charge in [0.05, 0.1) is 11.3 Å². The second-order valence-electron chi connectivity index (χ2n) is 7.30. The number of nitrogens with two attached hydrogens (primary N) is 1. The number of halogens is 1. The number of aromatic nitrogens is 1. The molecule has 0 radical (unpaired) electrons. The number of aryl methyl sites for hydroxylation is 1. The van der Waals surface area contributed by atoms with Crippen molar-refractivity contribution in [3.8, 4) is 5.69 Å². The molecule has 1 heterocycles. The van der Waals surface area contributed by atoms with Crippen molar-refractivity contribution in [1.29, 1.82) is 0 Å². The number of sulfonamides is 1. The van der Waals surface area contributed by atoms with Crippen LogP contribution < -0.4 is 5.14 Å². The van der Waals surface area contributed by atoms with E-state index < -0.39 is 16.0 Å². The number of hydrogen-bond acceptors (Lipinski definition) is 6. The van der Waals surface area contributed by atoms with Crippen LogP contribution in [0.15, 0.2) is 64.4 Å². The van der Waals surface area contributed by atoms with Gasteiger partial charge in [-0.05, 0) is 68.4 Å². The van der Waals surface area contributed by atoms with Crippen LogP contribution in [0.4, 0.5) is 4.39 Å². The SMILES string of the molecule is Cc1cc(C(=O)COC(=O)CCSc2ccc(F)cc2)c(C)n1-c1ccc(S(N)(=O)=O)cc1. The first kappa shape index (κ1) is 24.7. The van der Waals surface area contributed by atoms with E-state index in [1.165, 1.54) is 36.0 Å². The van der Waals surface area contributed by atoms with Crippen molar-refractivity contribution in [1.82, 2.24) is 4.57 Å². The highest BCUT2D eigenvalue weighted by Gasteiger charge is 2.18. The van der Waals surface area contributed by atoms with E-state index in [0.717, 1.165) is 10.6 Å². The third-order valence-electron chi connectivity index (χ3n) is 4.91. The van der Waals surface area contributed by atoms with Gasteiger partial charge in [0.25, 0.3) is 0 Å². The number of carbonyl (C=O) groups is 2. The summed E-state index contributed by atoms with van der Waals surface area (Å²) in [6.45, 7) is 3.19. The van der Waals surface area contributed by atoms with Gasteiger partial charge in [0, 0.05) is 33.3 Å². The van der Waals surface area contributed by atoms with E-state index in [-0.39, 0.29) is 29.5 Å². The van der Waals surface area contributed by atoms with E-state index in [1.54, 1.807) is 41.8 Å². The lowest BCUT2D eigenvalue weighted by Gasteiger charge is -2.10. The van der Waals surface area contributed by atoms with Gasteiger partial charge in [-0.2, -0.15) is 0 Å². The van der Waals surface area contributed by atoms with Gasteiger partial charge in [0.15, 0.2) is 6.61 Å². The Morgan fingerprint density at radius 2 is 1.70 bits per heavy atom. The van der Waals surface area contributed by atoms with Crippen LogP contribution in [0.5, 0.6) is 0 Å². The second kappa shape index (κ2) is 10.3. The lowest BCUT2D eigenvalue weighted by molar-refractivity contribution is -0.141. The summed E-state index contributed by atoms with van der Waals surface area (Å²) in [5, 5.41) is 5.14. The summed E-state index contributed by atoms with van der Waals surface area (Å²) < 4.78 is 42.8. The number of nitrogens with zero attached hydrogens (tertiary/aromatic N) is 1. The van der Waals surface area contributed by atoms with Crippen LogP contribution in [0, 0.1) is 19.7 Å². The Morgan fingerprint density at radius 3 is 2.30 bits per heavy atom. The zero-order chi connectivity index (χ0) is 24.2. The Labute approximate surface area is 195 Å². The maximum Gasteiger partial charge on any atom is 0.307 e. The first-order valence-corrected chi connectivity index (χ1v) is 12.5. The van der Waals surface area contributed by atoms with Gasteiger partial charge in [-0.25, -0.2) is 17.9 Å². The number of benzene rings is 2. The number of rotatable bonds is 9. The van der Waals surface area contributed by atoms with E-state index in [0.29, 0.717) is 22.7 Å². The van der Waals surface area contributed by atoms with Crippen LogP contribution >= 0.6 is 11.8 Å². The zero-order valence-corrected chi connectivity index (χ0v) is 19.7. The van der Waals surface area contributed by atoms with Gasteiger partial charge in [-0.1, -0.05) is 0 Å². The van der Waals surface area contributed by atoms with Gasteiger partial charge in [0.1, 0.15) is 5.82 Å². The molecule has 33 heavy (non-hydrogen) atoms. The number of primary sulfonamides is 1. The number of carbonyl (C=O) groups excluding carboxylic acids is 2. The average Bonchev–Trinajstić information content (AvgIpc) is 3.07. The Kier molecular flexibility index (Phi) is 7.72. The van der Waals surface area contributed by atoms with E-state index in [2.05, 4.69) is 0 Å². The van der Waals surface area contributed by atoms with Crippen molar-refractivity contribution in [3.63, 3.8) is 0 Å². The molecule has 174 valence electrons. The summed E-state index contributed by atoms with van der Waals surface area (Å²) in [6, 6.07) is 13.7. The summed E-state index contributed by atoms with van der Waals surface area (Å²) >= 11 is 1.39. The molecule has 3 aromatic rings. The third kappa shape index (κ3) is 6.31. The fourth-order valence-electron chi connectivity index (χ4n) is 3.31. The molecule has 7 nitrogen and oxygen atoms in total. The molecule has 2 N–H and O–H groups in total. The Bertz CT molecular complexity index is 1270. The third-order valence-corrected chi connectivity index (χ3v) is 6.85. The van der Waals surface area contributed by atoms with Crippen molar-refractivity contribution >= 4 is 33.5 Å². The van der Waals surface area contributed by atoms with Gasteiger partial charge >= 0.3 is 5.97 Å². The lowest BCUT2D eigenvalue weighted by atomic mass is 10.1. The fourth-order valence-corrected chi connectivity index (χ4v) is 4.65. The van der Waals surface area contributed by atoms with Crippen molar-refractivity contribution in [2.75, 3.05) is 12.4 Å². The molecule has 1 aromatic heterocycles. The van der Waals surface area contributed by atoms with Crippen LogP contribution in [-0.2, 0) is 19.6 Å². The molecule has 0 spiro atoms. The van der Waals surface area contributed by atoms with Crippen molar-refractivity contribution < 1.29 is 27.1 Å². The Hall–Kier alpha value is -2.95. The van der Waals surface area contributed by atoms with Crippen LogP contribution in [0.25, 0.3) is 5.69 Å². The molecular weight excluding hydrogens is 467 g/mol. The predicted octanol–water partition coefficient (Wildman–Crippen LogP) is 3.79. The van der Waals surface area contributed by atoms with Crippen LogP contribution in [0.3, 0.4) is 0 Å². The molecule has 0 unspecified atom stereocenters. The summed E-state index contributed by atoms with van der Waals surface area (Å²) in [5.74, 6) is -0.709. The highest BCUT2D eigenvalue weighted by molar-refractivity contribution is 7.99. The molecule has 3 rings (SSSR count). The van der Waals surface area contributed by atoms with Gasteiger partial charge in [-0.3, -0.25) is 9.59 Å². The quantitative estimate of drug-likeness (QED) is 0.278. The molecule has 0 atom stereocenters. The number of hydrogen-bond donors (Lipinski definition) is 1. The normalized spacial score (nSPS) is 11.4. The molecule has 0 fully saturated rings.